The van der Waals surface area contributed by atoms with Crippen LogP contribution in [0.4, 0.5) is 5.69 Å². The van der Waals surface area contributed by atoms with Crippen molar-refractivity contribution in [3.63, 3.8) is 0 Å². The van der Waals surface area contributed by atoms with Gasteiger partial charge in [-0.3, -0.25) is 9.59 Å². The van der Waals surface area contributed by atoms with Gasteiger partial charge in [0.25, 0.3) is 5.91 Å². The van der Waals surface area contributed by atoms with Gasteiger partial charge >= 0.3 is 0 Å². The molecule has 3 aromatic rings. The minimum atomic E-state index is -0.286. The van der Waals surface area contributed by atoms with Crippen molar-refractivity contribution in [1.29, 1.82) is 0 Å². The van der Waals surface area contributed by atoms with Crippen LogP contribution in [-0.2, 0) is 0 Å². The molecule has 1 N–H and O–H groups in total. The molecule has 0 saturated heterocycles. The van der Waals surface area contributed by atoms with E-state index in [0.717, 1.165) is 27.8 Å². The van der Waals surface area contributed by atoms with Crippen molar-refractivity contribution in [2.45, 2.75) is 26.4 Å². The predicted octanol–water partition coefficient (Wildman–Crippen LogP) is 4.71. The van der Waals surface area contributed by atoms with Crippen molar-refractivity contribution in [2.75, 3.05) is 18.6 Å². The second kappa shape index (κ2) is 7.59. The first kappa shape index (κ1) is 19.0. The lowest BCUT2D eigenvalue weighted by Gasteiger charge is -2.42. The molecule has 0 aromatic heterocycles. The molecule has 2 heterocycles. The van der Waals surface area contributed by atoms with Gasteiger partial charge in [0.1, 0.15) is 11.9 Å². The molecule has 1 atom stereocenters. The van der Waals surface area contributed by atoms with Crippen LogP contribution >= 0.6 is 0 Å². The maximum Gasteiger partial charge on any atom is 0.255 e. The highest BCUT2D eigenvalue weighted by atomic mass is 16.5. The third-order valence-electron chi connectivity index (χ3n) is 5.41. The Morgan fingerprint density at radius 3 is 2.48 bits per heavy atom. The lowest BCUT2D eigenvalue weighted by Crippen LogP contribution is -2.49. The SMILES string of the molecule is CC.COc1ccc2cc(C3NC(=O)c4cccc5c4N3CCC5=O)ccc2c1. The molecule has 0 bridgehead atoms. The maximum absolute atomic E-state index is 12.7. The van der Waals surface area contributed by atoms with Gasteiger partial charge in [0.2, 0.25) is 0 Å². The van der Waals surface area contributed by atoms with Crippen LogP contribution in [0.5, 0.6) is 5.75 Å². The van der Waals surface area contributed by atoms with Crippen LogP contribution < -0.4 is 15.0 Å². The fourth-order valence-electron chi connectivity index (χ4n) is 4.07. The van der Waals surface area contributed by atoms with Gasteiger partial charge in [-0.15, -0.1) is 0 Å². The molecule has 0 spiro atoms. The molecule has 5 rings (SSSR count). The highest BCUT2D eigenvalue weighted by Gasteiger charge is 2.37. The number of ether oxygens (including phenoxy) is 1. The van der Waals surface area contributed by atoms with Crippen molar-refractivity contribution in [2.24, 2.45) is 0 Å². The van der Waals surface area contributed by atoms with E-state index in [1.807, 2.05) is 50.2 Å². The number of carbonyl (C=O) groups is 2. The quantitative estimate of drug-likeness (QED) is 0.691. The minimum Gasteiger partial charge on any atom is -0.497 e. The fourth-order valence-corrected chi connectivity index (χ4v) is 4.07. The number of Topliss-reactive ketones (excluding diaryl/α,β-unsaturated/α-hetero) is 1. The first-order valence-electron chi connectivity index (χ1n) is 9.97. The molecule has 3 aromatic carbocycles. The third-order valence-corrected chi connectivity index (χ3v) is 5.41. The van der Waals surface area contributed by atoms with E-state index in [1.54, 1.807) is 19.2 Å². The molecule has 0 aliphatic carbocycles. The van der Waals surface area contributed by atoms with E-state index in [2.05, 4.69) is 16.3 Å². The number of hydrogen-bond acceptors (Lipinski definition) is 4. The molecule has 148 valence electrons. The average molecular weight is 388 g/mol. The standard InChI is InChI=1S/C22H18N2O3.C2H6/c1-27-16-8-7-13-11-15(6-5-14(13)12-16)21-23-22(26)18-4-2-3-17-19(25)9-10-24(21)20(17)18;1-2/h2-8,11-12,21H,9-10H2,1H3,(H,23,26);1-2H3. The number of rotatable bonds is 2. The summed E-state index contributed by atoms with van der Waals surface area (Å²) in [5.74, 6) is 0.772. The molecule has 0 fully saturated rings. The summed E-state index contributed by atoms with van der Waals surface area (Å²) in [7, 11) is 1.65. The summed E-state index contributed by atoms with van der Waals surface area (Å²) in [5.41, 5.74) is 2.97. The first-order chi connectivity index (χ1) is 14.2. The summed E-state index contributed by atoms with van der Waals surface area (Å²) in [4.78, 5) is 27.2. The Morgan fingerprint density at radius 1 is 0.966 bits per heavy atom. The molecular formula is C24H24N2O3. The molecule has 1 amide bonds. The molecule has 0 radical (unpaired) electrons. The second-order valence-corrected chi connectivity index (χ2v) is 6.92. The number of benzene rings is 3. The number of hydrogen-bond donors (Lipinski definition) is 1. The summed E-state index contributed by atoms with van der Waals surface area (Å²) in [5, 5.41) is 5.26. The zero-order chi connectivity index (χ0) is 20.5. The summed E-state index contributed by atoms with van der Waals surface area (Å²) in [6.45, 7) is 4.59. The molecule has 2 aliphatic rings. The number of fused-ring (bicyclic) bond motifs is 1. The normalized spacial score (nSPS) is 17.2. The Morgan fingerprint density at radius 2 is 1.69 bits per heavy atom. The Bertz CT molecular complexity index is 1090. The molecule has 29 heavy (non-hydrogen) atoms. The lowest BCUT2D eigenvalue weighted by molar-refractivity contribution is 0.0921. The number of nitrogens with one attached hydrogen (secondary N) is 1. The van der Waals surface area contributed by atoms with E-state index >= 15 is 0 Å². The Balaban J connectivity index is 0.000000994. The van der Waals surface area contributed by atoms with Crippen LogP contribution in [0, 0.1) is 0 Å². The van der Waals surface area contributed by atoms with Gasteiger partial charge in [-0.05, 0) is 46.7 Å². The molecular weight excluding hydrogens is 364 g/mol. The maximum atomic E-state index is 12.7. The van der Waals surface area contributed by atoms with Gasteiger partial charge in [-0.2, -0.15) is 0 Å². The zero-order valence-electron chi connectivity index (χ0n) is 16.9. The molecule has 5 heteroatoms. The van der Waals surface area contributed by atoms with Crippen LogP contribution in [-0.4, -0.2) is 25.3 Å². The van der Waals surface area contributed by atoms with Gasteiger partial charge in [0.05, 0.1) is 18.4 Å². The summed E-state index contributed by atoms with van der Waals surface area (Å²) in [6.07, 6.45) is 0.166. The van der Waals surface area contributed by atoms with Gasteiger partial charge in [0, 0.05) is 18.5 Å². The van der Waals surface area contributed by atoms with E-state index in [9.17, 15) is 9.59 Å². The molecule has 0 saturated carbocycles. The number of anilines is 1. The summed E-state index contributed by atoms with van der Waals surface area (Å²) >= 11 is 0. The third kappa shape index (κ3) is 3.12. The van der Waals surface area contributed by atoms with Crippen molar-refractivity contribution in [1.82, 2.24) is 5.32 Å². The van der Waals surface area contributed by atoms with E-state index in [0.29, 0.717) is 24.1 Å². The van der Waals surface area contributed by atoms with Crippen molar-refractivity contribution in [3.8, 4) is 5.75 Å². The first-order valence-corrected chi connectivity index (χ1v) is 9.97. The van der Waals surface area contributed by atoms with Gasteiger partial charge in [-0.1, -0.05) is 38.1 Å². The van der Waals surface area contributed by atoms with Crippen LogP contribution in [0.2, 0.25) is 0 Å². The lowest BCUT2D eigenvalue weighted by atomic mass is 9.92. The van der Waals surface area contributed by atoms with Crippen molar-refractivity contribution >= 4 is 28.2 Å². The van der Waals surface area contributed by atoms with Crippen molar-refractivity contribution < 1.29 is 14.3 Å². The Kier molecular flexibility index (Phi) is 4.97. The van der Waals surface area contributed by atoms with E-state index < -0.39 is 0 Å². The minimum absolute atomic E-state index is 0.0992. The highest BCUT2D eigenvalue weighted by molar-refractivity contribution is 6.11. The van der Waals surface area contributed by atoms with Gasteiger partial charge in [0.15, 0.2) is 5.78 Å². The summed E-state index contributed by atoms with van der Waals surface area (Å²) < 4.78 is 5.29. The van der Waals surface area contributed by atoms with Gasteiger partial charge < -0.3 is 15.0 Å². The monoisotopic (exact) mass is 388 g/mol. The van der Waals surface area contributed by atoms with E-state index in [1.165, 1.54) is 0 Å². The second-order valence-electron chi connectivity index (χ2n) is 6.92. The number of ketones is 1. The zero-order valence-corrected chi connectivity index (χ0v) is 16.9. The van der Waals surface area contributed by atoms with Crippen molar-refractivity contribution in [3.05, 3.63) is 71.3 Å². The van der Waals surface area contributed by atoms with Crippen LogP contribution in [0.25, 0.3) is 10.8 Å². The molecule has 1 unspecified atom stereocenters. The largest absolute Gasteiger partial charge is 0.497 e. The predicted molar refractivity (Wildman–Crippen MR) is 115 cm³/mol. The number of nitrogens with zero attached hydrogens (tertiary/aromatic N) is 1. The molecule has 2 aliphatic heterocycles. The Hall–Kier alpha value is -3.34. The number of carbonyl (C=O) groups excluding carboxylic acids is 2. The van der Waals surface area contributed by atoms with Crippen LogP contribution in [0.1, 0.15) is 52.7 Å². The highest BCUT2D eigenvalue weighted by Crippen LogP contribution is 2.39. The number of amides is 1. The Labute approximate surface area is 170 Å². The van der Waals surface area contributed by atoms with Gasteiger partial charge in [-0.25, -0.2) is 0 Å². The van der Waals surface area contributed by atoms with Crippen LogP contribution in [0.3, 0.4) is 0 Å². The number of methoxy groups -OCH3 is 1. The van der Waals surface area contributed by atoms with Crippen LogP contribution in [0.15, 0.2) is 54.6 Å². The summed E-state index contributed by atoms with van der Waals surface area (Å²) in [6, 6.07) is 17.5. The van der Waals surface area contributed by atoms with E-state index in [-0.39, 0.29) is 17.9 Å². The number of para-hydroxylation sites is 1. The fraction of sp³-hybridized carbons (Fsp3) is 0.250. The molecule has 5 nitrogen and oxygen atoms in total. The topological polar surface area (TPSA) is 58.6 Å². The smallest absolute Gasteiger partial charge is 0.255 e. The van der Waals surface area contributed by atoms with E-state index in [4.69, 9.17) is 4.74 Å². The average Bonchev–Trinajstić information content (AvgIpc) is 2.78.